The lowest BCUT2D eigenvalue weighted by Gasteiger charge is -2.52. The van der Waals surface area contributed by atoms with Gasteiger partial charge in [-0.1, -0.05) is 6.07 Å². The molecule has 0 radical (unpaired) electrons. The molecule has 0 aromatic heterocycles. The molecule has 3 fully saturated rings. The number of imide groups is 1. The molecule has 1 atom stereocenters. The number of piperidine rings is 2. The molecule has 5 rings (SSSR count). The molecule has 1 spiro atoms. The molecule has 1 aromatic rings. The van der Waals surface area contributed by atoms with E-state index in [0.717, 1.165) is 50.0 Å². The van der Waals surface area contributed by atoms with Gasteiger partial charge < -0.3 is 14.5 Å². The number of ether oxygens (including phenoxy) is 1. The lowest BCUT2D eigenvalue weighted by Crippen LogP contribution is -2.52. The molecular weight excluding hydrogens is 434 g/mol. The molecule has 3 heterocycles. The minimum Gasteiger partial charge on any atom is -0.460 e. The summed E-state index contributed by atoms with van der Waals surface area (Å²) in [5, 5.41) is 2.35. The Hall–Kier alpha value is -2.90. The molecule has 0 bridgehead atoms. The van der Waals surface area contributed by atoms with Crippen molar-refractivity contribution < 1.29 is 23.9 Å². The Morgan fingerprint density at radius 2 is 1.82 bits per heavy atom. The van der Waals surface area contributed by atoms with E-state index in [4.69, 9.17) is 4.74 Å². The molecule has 3 aliphatic heterocycles. The van der Waals surface area contributed by atoms with E-state index in [0.29, 0.717) is 18.5 Å². The van der Waals surface area contributed by atoms with E-state index in [-0.39, 0.29) is 41.4 Å². The zero-order valence-corrected chi connectivity index (χ0v) is 20.2. The summed E-state index contributed by atoms with van der Waals surface area (Å²) in [5.41, 5.74) is 2.38. The second kappa shape index (κ2) is 8.10. The predicted molar refractivity (Wildman–Crippen MR) is 125 cm³/mol. The quantitative estimate of drug-likeness (QED) is 0.543. The van der Waals surface area contributed by atoms with E-state index >= 15 is 0 Å². The summed E-state index contributed by atoms with van der Waals surface area (Å²) in [6.07, 6.45) is 4.49. The van der Waals surface area contributed by atoms with Gasteiger partial charge in [0, 0.05) is 37.3 Å². The van der Waals surface area contributed by atoms with Gasteiger partial charge in [-0.15, -0.1) is 0 Å². The van der Waals surface area contributed by atoms with E-state index in [1.54, 1.807) is 4.90 Å². The van der Waals surface area contributed by atoms with Crippen molar-refractivity contribution >= 4 is 29.4 Å². The standard InChI is InChI=1S/C26H33N3O5/c1-25(2,3)34-24(33)17-13-26(14-17)8-10-28(11-9-26)18-5-4-16-15-29(23(32)19(16)12-18)20-6-7-21(30)27-22(20)31/h4-5,12,17,20H,6-11,13-15H2,1-3H3,(H,27,30,31). The Kier molecular flexibility index (Phi) is 5.45. The third-order valence-electron chi connectivity index (χ3n) is 7.80. The number of nitrogens with zero attached hydrogens (tertiary/aromatic N) is 2. The van der Waals surface area contributed by atoms with Crippen LogP contribution in [-0.4, -0.2) is 53.3 Å². The Morgan fingerprint density at radius 3 is 2.47 bits per heavy atom. The van der Waals surface area contributed by atoms with Gasteiger partial charge in [0.25, 0.3) is 5.91 Å². The summed E-state index contributed by atoms with van der Waals surface area (Å²) in [4.78, 5) is 53.1. The van der Waals surface area contributed by atoms with E-state index in [1.165, 1.54) is 0 Å². The lowest BCUT2D eigenvalue weighted by molar-refractivity contribution is -0.169. The Bertz CT molecular complexity index is 1040. The highest BCUT2D eigenvalue weighted by Crippen LogP contribution is 2.53. The SMILES string of the molecule is CC(C)(C)OC(=O)C1CC2(CCN(c3ccc4c(c3)C(=O)N(C3CCC(=O)NC3=O)C4)CC2)C1. The average Bonchev–Trinajstić information content (AvgIpc) is 3.06. The zero-order valence-electron chi connectivity index (χ0n) is 20.2. The van der Waals surface area contributed by atoms with E-state index < -0.39 is 11.6 Å². The number of benzene rings is 1. The van der Waals surface area contributed by atoms with Crippen LogP contribution in [0.3, 0.4) is 0 Å². The highest BCUT2D eigenvalue weighted by atomic mass is 16.6. The first-order valence-corrected chi connectivity index (χ1v) is 12.3. The molecule has 2 saturated heterocycles. The van der Waals surface area contributed by atoms with E-state index in [2.05, 4.69) is 16.3 Å². The first-order valence-electron chi connectivity index (χ1n) is 12.3. The monoisotopic (exact) mass is 467 g/mol. The summed E-state index contributed by atoms with van der Waals surface area (Å²) in [6.45, 7) is 7.90. The summed E-state index contributed by atoms with van der Waals surface area (Å²) in [5.74, 6) is -0.859. The van der Waals surface area contributed by atoms with Crippen LogP contribution in [0.25, 0.3) is 0 Å². The summed E-state index contributed by atoms with van der Waals surface area (Å²) in [6, 6.07) is 5.40. The molecule has 1 N–H and O–H groups in total. The van der Waals surface area contributed by atoms with Crippen LogP contribution < -0.4 is 10.2 Å². The topological polar surface area (TPSA) is 96.0 Å². The van der Waals surface area contributed by atoms with Crippen LogP contribution in [-0.2, 0) is 25.7 Å². The molecule has 8 nitrogen and oxygen atoms in total. The Morgan fingerprint density at radius 1 is 1.12 bits per heavy atom. The molecule has 182 valence electrons. The number of carbonyl (C=O) groups is 4. The highest BCUT2D eigenvalue weighted by Gasteiger charge is 2.49. The largest absolute Gasteiger partial charge is 0.460 e. The maximum absolute atomic E-state index is 13.1. The van der Waals surface area contributed by atoms with Crippen molar-refractivity contribution in [1.29, 1.82) is 0 Å². The number of anilines is 1. The first kappa shape index (κ1) is 22.9. The van der Waals surface area contributed by atoms with Gasteiger partial charge in [-0.2, -0.15) is 0 Å². The van der Waals surface area contributed by atoms with Crippen LogP contribution in [0.1, 0.15) is 75.2 Å². The number of nitrogens with one attached hydrogen (secondary N) is 1. The molecule has 1 aromatic carbocycles. The van der Waals surface area contributed by atoms with Crippen LogP contribution in [0.2, 0.25) is 0 Å². The summed E-state index contributed by atoms with van der Waals surface area (Å²) in [7, 11) is 0. The van der Waals surface area contributed by atoms with Gasteiger partial charge >= 0.3 is 5.97 Å². The minimum atomic E-state index is -0.590. The molecule has 4 aliphatic rings. The first-order chi connectivity index (χ1) is 16.0. The van der Waals surface area contributed by atoms with Crippen molar-refractivity contribution in [1.82, 2.24) is 10.2 Å². The summed E-state index contributed by atoms with van der Waals surface area (Å²) < 4.78 is 5.56. The van der Waals surface area contributed by atoms with Gasteiger partial charge in [-0.05, 0) is 76.0 Å². The van der Waals surface area contributed by atoms with Crippen LogP contribution in [0.4, 0.5) is 5.69 Å². The van der Waals surface area contributed by atoms with Gasteiger partial charge in [0.15, 0.2) is 0 Å². The number of rotatable bonds is 3. The number of carbonyl (C=O) groups excluding carboxylic acids is 4. The molecule has 1 saturated carbocycles. The zero-order chi connectivity index (χ0) is 24.3. The molecular formula is C26H33N3O5. The second-order valence-electron chi connectivity index (χ2n) is 11.4. The fraction of sp³-hybridized carbons (Fsp3) is 0.615. The van der Waals surface area contributed by atoms with Crippen molar-refractivity contribution in [2.24, 2.45) is 11.3 Å². The van der Waals surface area contributed by atoms with Gasteiger partial charge in [0.1, 0.15) is 11.6 Å². The third-order valence-corrected chi connectivity index (χ3v) is 7.80. The molecule has 34 heavy (non-hydrogen) atoms. The normalized spacial score (nSPS) is 24.7. The highest BCUT2D eigenvalue weighted by molar-refractivity contribution is 6.05. The molecule has 8 heteroatoms. The Labute approximate surface area is 200 Å². The fourth-order valence-electron chi connectivity index (χ4n) is 5.92. The molecule has 1 aliphatic carbocycles. The van der Waals surface area contributed by atoms with E-state index in [1.807, 2.05) is 32.9 Å². The molecule has 1 unspecified atom stereocenters. The maximum atomic E-state index is 13.1. The van der Waals surface area contributed by atoms with Crippen molar-refractivity contribution in [3.8, 4) is 0 Å². The van der Waals surface area contributed by atoms with Crippen LogP contribution in [0, 0.1) is 11.3 Å². The van der Waals surface area contributed by atoms with Crippen molar-refractivity contribution in [3.05, 3.63) is 29.3 Å². The van der Waals surface area contributed by atoms with Crippen molar-refractivity contribution in [2.75, 3.05) is 18.0 Å². The van der Waals surface area contributed by atoms with Gasteiger partial charge in [0.2, 0.25) is 11.8 Å². The average molecular weight is 468 g/mol. The number of hydrogen-bond acceptors (Lipinski definition) is 6. The number of amides is 3. The number of esters is 1. The van der Waals surface area contributed by atoms with Crippen LogP contribution in [0.5, 0.6) is 0 Å². The van der Waals surface area contributed by atoms with Gasteiger partial charge in [0.05, 0.1) is 5.92 Å². The van der Waals surface area contributed by atoms with Gasteiger partial charge in [-0.25, -0.2) is 0 Å². The second-order valence-corrected chi connectivity index (χ2v) is 11.4. The van der Waals surface area contributed by atoms with Crippen molar-refractivity contribution in [3.63, 3.8) is 0 Å². The van der Waals surface area contributed by atoms with Gasteiger partial charge in [-0.3, -0.25) is 24.5 Å². The number of hydrogen-bond donors (Lipinski definition) is 1. The number of fused-ring (bicyclic) bond motifs is 1. The fourth-order valence-corrected chi connectivity index (χ4v) is 5.92. The van der Waals surface area contributed by atoms with Crippen LogP contribution >= 0.6 is 0 Å². The summed E-state index contributed by atoms with van der Waals surface area (Å²) >= 11 is 0. The van der Waals surface area contributed by atoms with Crippen molar-refractivity contribution in [2.45, 2.75) is 77.5 Å². The third kappa shape index (κ3) is 4.18. The molecule has 3 amide bonds. The van der Waals surface area contributed by atoms with E-state index in [9.17, 15) is 19.2 Å². The minimum absolute atomic E-state index is 0.0154. The van der Waals surface area contributed by atoms with Crippen LogP contribution in [0.15, 0.2) is 18.2 Å². The predicted octanol–water partition coefficient (Wildman–Crippen LogP) is 2.79. The smallest absolute Gasteiger partial charge is 0.309 e. The maximum Gasteiger partial charge on any atom is 0.309 e. The lowest BCUT2D eigenvalue weighted by atomic mass is 9.57. The Balaban J connectivity index is 1.19.